The van der Waals surface area contributed by atoms with Gasteiger partial charge in [-0.25, -0.2) is 9.59 Å². The number of ketones is 1. The molecular weight excluding hydrogens is 440 g/mol. The van der Waals surface area contributed by atoms with Crippen molar-refractivity contribution in [1.29, 1.82) is 0 Å². The SMILES string of the molecule is CC(C)(O)[C@@H]1CC(=O)[C@]2(C)[C@H](CC[C@@]3(C)[C@H](c4ccoc4)OC(=O)[C@H]4O[C@@]432)[C@@]1(C)/C=C/C(=O)O. The summed E-state index contributed by atoms with van der Waals surface area (Å²) in [6.45, 7) is 9.13. The summed E-state index contributed by atoms with van der Waals surface area (Å²) in [5, 5.41) is 20.5. The van der Waals surface area contributed by atoms with Crippen LogP contribution in [0.1, 0.15) is 65.5 Å². The highest BCUT2D eigenvalue weighted by atomic mass is 16.7. The second-order valence-electron chi connectivity index (χ2n) is 11.7. The van der Waals surface area contributed by atoms with Gasteiger partial charge in [0.2, 0.25) is 0 Å². The second kappa shape index (κ2) is 6.82. The van der Waals surface area contributed by atoms with Gasteiger partial charge in [-0.3, -0.25) is 4.79 Å². The van der Waals surface area contributed by atoms with Crippen molar-refractivity contribution in [1.82, 2.24) is 0 Å². The fourth-order valence-electron chi connectivity index (χ4n) is 8.15. The lowest BCUT2D eigenvalue weighted by Gasteiger charge is -2.65. The summed E-state index contributed by atoms with van der Waals surface area (Å²) < 4.78 is 17.4. The van der Waals surface area contributed by atoms with Crippen molar-refractivity contribution in [2.45, 2.75) is 77.3 Å². The normalized spacial score (nSPS) is 45.8. The van der Waals surface area contributed by atoms with Crippen LogP contribution in [0.5, 0.6) is 0 Å². The van der Waals surface area contributed by atoms with E-state index in [1.807, 2.05) is 20.8 Å². The Bertz CT molecular complexity index is 1080. The number of epoxide rings is 1. The number of rotatable bonds is 4. The predicted octanol–water partition coefficient (Wildman–Crippen LogP) is 3.44. The molecule has 0 radical (unpaired) electrons. The third kappa shape index (κ3) is 2.64. The lowest BCUT2D eigenvalue weighted by Crippen LogP contribution is -2.71. The van der Waals surface area contributed by atoms with Gasteiger partial charge in [0, 0.05) is 29.4 Å². The van der Waals surface area contributed by atoms with Crippen molar-refractivity contribution in [2.24, 2.45) is 28.1 Å². The zero-order valence-corrected chi connectivity index (χ0v) is 20.2. The molecule has 4 fully saturated rings. The van der Waals surface area contributed by atoms with E-state index in [-0.39, 0.29) is 18.1 Å². The minimum absolute atomic E-state index is 0.0519. The first kappa shape index (κ1) is 23.3. The summed E-state index contributed by atoms with van der Waals surface area (Å²) in [5.74, 6) is -2.50. The van der Waals surface area contributed by atoms with E-state index >= 15 is 0 Å². The van der Waals surface area contributed by atoms with Gasteiger partial charge in [0.25, 0.3) is 0 Å². The molecule has 2 saturated carbocycles. The minimum Gasteiger partial charge on any atom is -0.478 e. The number of carbonyl (C=O) groups excluding carboxylic acids is 2. The van der Waals surface area contributed by atoms with Crippen molar-refractivity contribution >= 4 is 17.7 Å². The van der Waals surface area contributed by atoms with Gasteiger partial charge in [-0.1, -0.05) is 19.9 Å². The van der Waals surface area contributed by atoms with E-state index in [9.17, 15) is 24.6 Å². The van der Waals surface area contributed by atoms with Crippen LogP contribution in [-0.2, 0) is 23.9 Å². The van der Waals surface area contributed by atoms with Crippen molar-refractivity contribution in [3.63, 3.8) is 0 Å². The smallest absolute Gasteiger partial charge is 0.339 e. The number of aliphatic carboxylic acids is 1. The van der Waals surface area contributed by atoms with E-state index in [0.29, 0.717) is 12.8 Å². The van der Waals surface area contributed by atoms with Gasteiger partial charge in [0.15, 0.2) is 6.10 Å². The Kier molecular flexibility index (Phi) is 4.67. The van der Waals surface area contributed by atoms with Gasteiger partial charge >= 0.3 is 11.9 Å². The van der Waals surface area contributed by atoms with Crippen LogP contribution in [-0.4, -0.2) is 45.2 Å². The Labute approximate surface area is 198 Å². The summed E-state index contributed by atoms with van der Waals surface area (Å²) >= 11 is 0. The number of carboxylic acid groups (broad SMARTS) is 1. The van der Waals surface area contributed by atoms with Gasteiger partial charge in [-0.05, 0) is 51.0 Å². The number of aliphatic hydroxyl groups is 1. The Hall–Kier alpha value is -2.45. The van der Waals surface area contributed by atoms with E-state index < -0.39 is 57.5 Å². The first-order valence-corrected chi connectivity index (χ1v) is 11.8. The highest BCUT2D eigenvalue weighted by Gasteiger charge is 2.88. The summed E-state index contributed by atoms with van der Waals surface area (Å²) in [7, 11) is 0. The lowest BCUT2D eigenvalue weighted by molar-refractivity contribution is -0.213. The zero-order valence-electron chi connectivity index (χ0n) is 20.2. The number of carboxylic acids is 1. The van der Waals surface area contributed by atoms with Gasteiger partial charge in [-0.2, -0.15) is 0 Å². The molecule has 184 valence electrons. The van der Waals surface area contributed by atoms with Crippen LogP contribution in [0.15, 0.2) is 35.2 Å². The minimum atomic E-state index is -1.22. The molecule has 8 nitrogen and oxygen atoms in total. The topological polar surface area (TPSA) is 127 Å². The van der Waals surface area contributed by atoms with Crippen LogP contribution in [0.25, 0.3) is 0 Å². The largest absolute Gasteiger partial charge is 0.478 e. The summed E-state index contributed by atoms with van der Waals surface area (Å²) in [5.41, 5.74) is -4.17. The van der Waals surface area contributed by atoms with Crippen LogP contribution in [0.3, 0.4) is 0 Å². The standard InChI is InChI=1S/C26H32O8/c1-22(2,31)16-12-17(27)25(5)15(23(16,3)9-7-18(28)29)6-10-24(4)19(14-8-11-32-13-14)33-21(30)20-26(24,25)34-20/h7-9,11,13,15-16,19-20,31H,6,10,12H2,1-5H3,(H,28,29)/b9-7+/t15-,16+,19+,20-,23-,24+,25+,26+/m1/s1. The molecular formula is C26H32O8. The number of Topliss-reactive ketones (excluding diaryl/α,β-unsaturated/α-hetero) is 1. The first-order valence-electron chi connectivity index (χ1n) is 11.8. The van der Waals surface area contributed by atoms with Crippen molar-refractivity contribution in [2.75, 3.05) is 0 Å². The molecule has 8 atom stereocenters. The number of hydrogen-bond acceptors (Lipinski definition) is 7. The van der Waals surface area contributed by atoms with Crippen molar-refractivity contribution in [3.05, 3.63) is 36.3 Å². The third-order valence-corrected chi connectivity index (χ3v) is 9.67. The number of allylic oxidation sites excluding steroid dienone is 1. The van der Waals surface area contributed by atoms with Crippen LogP contribution in [0, 0.1) is 28.1 Å². The summed E-state index contributed by atoms with van der Waals surface area (Å²) in [4.78, 5) is 38.6. The zero-order chi connectivity index (χ0) is 24.9. The number of carbonyl (C=O) groups is 3. The molecule has 0 bridgehead atoms. The second-order valence-corrected chi connectivity index (χ2v) is 11.7. The lowest BCUT2D eigenvalue weighted by atomic mass is 9.37. The number of hydrogen-bond donors (Lipinski definition) is 2. The summed E-state index contributed by atoms with van der Waals surface area (Å²) in [6.07, 6.45) is 5.56. The van der Waals surface area contributed by atoms with E-state index in [0.717, 1.165) is 11.6 Å². The maximum atomic E-state index is 14.1. The highest BCUT2D eigenvalue weighted by Crippen LogP contribution is 2.78. The van der Waals surface area contributed by atoms with E-state index in [1.54, 1.807) is 32.3 Å². The van der Waals surface area contributed by atoms with Gasteiger partial charge in [0.1, 0.15) is 17.5 Å². The molecule has 2 N–H and O–H groups in total. The van der Waals surface area contributed by atoms with Gasteiger partial charge in [0.05, 0.1) is 23.5 Å². The van der Waals surface area contributed by atoms with E-state index in [4.69, 9.17) is 13.9 Å². The molecule has 8 heteroatoms. The molecule has 1 spiro atoms. The average molecular weight is 473 g/mol. The molecule has 2 saturated heterocycles. The predicted molar refractivity (Wildman–Crippen MR) is 118 cm³/mol. The maximum absolute atomic E-state index is 14.1. The number of ether oxygens (including phenoxy) is 2. The Morgan fingerprint density at radius 3 is 2.50 bits per heavy atom. The van der Waals surface area contributed by atoms with E-state index in [1.165, 1.54) is 6.26 Å². The molecule has 3 heterocycles. The van der Waals surface area contributed by atoms with E-state index in [2.05, 4.69) is 0 Å². The Balaban J connectivity index is 1.69. The Morgan fingerprint density at radius 1 is 1.21 bits per heavy atom. The molecule has 0 aromatic carbocycles. The molecule has 5 rings (SSSR count). The molecule has 0 unspecified atom stereocenters. The number of cyclic esters (lactones) is 1. The molecule has 34 heavy (non-hydrogen) atoms. The molecule has 2 aliphatic heterocycles. The average Bonchev–Trinajstić information content (AvgIpc) is 3.31. The maximum Gasteiger partial charge on any atom is 0.339 e. The summed E-state index contributed by atoms with van der Waals surface area (Å²) in [6, 6.07) is 1.76. The fraction of sp³-hybridized carbons (Fsp3) is 0.654. The van der Waals surface area contributed by atoms with Crippen LogP contribution < -0.4 is 0 Å². The molecule has 2 aliphatic carbocycles. The van der Waals surface area contributed by atoms with Crippen LogP contribution >= 0.6 is 0 Å². The van der Waals surface area contributed by atoms with Crippen LogP contribution in [0.2, 0.25) is 0 Å². The van der Waals surface area contributed by atoms with Crippen molar-refractivity contribution in [3.8, 4) is 0 Å². The molecule has 1 aromatic heterocycles. The third-order valence-electron chi connectivity index (χ3n) is 9.67. The fourth-order valence-corrected chi connectivity index (χ4v) is 8.15. The van der Waals surface area contributed by atoms with Gasteiger partial charge in [-0.15, -0.1) is 0 Å². The number of furan rings is 1. The monoisotopic (exact) mass is 472 g/mol. The Morgan fingerprint density at radius 2 is 1.91 bits per heavy atom. The quantitative estimate of drug-likeness (QED) is 0.388. The number of esters is 1. The molecule has 1 aromatic rings. The molecule has 0 amide bonds. The highest BCUT2D eigenvalue weighted by molar-refractivity contribution is 5.93. The van der Waals surface area contributed by atoms with Crippen molar-refractivity contribution < 1.29 is 38.5 Å². The van der Waals surface area contributed by atoms with Crippen LogP contribution in [0.4, 0.5) is 0 Å². The first-order chi connectivity index (χ1) is 15.7. The van der Waals surface area contributed by atoms with Gasteiger partial charge < -0.3 is 24.1 Å². The molecule has 4 aliphatic rings. The number of fused-ring (bicyclic) bond motifs is 1.